The Morgan fingerprint density at radius 1 is 1.47 bits per heavy atom. The molecule has 1 aliphatic carbocycles. The molecule has 5 heteroatoms. The summed E-state index contributed by atoms with van der Waals surface area (Å²) in [4.78, 5) is 12.9. The van der Waals surface area contributed by atoms with Gasteiger partial charge in [-0.1, -0.05) is 15.9 Å². The van der Waals surface area contributed by atoms with Crippen LogP contribution in [0.2, 0.25) is 0 Å². The van der Waals surface area contributed by atoms with Gasteiger partial charge in [0.2, 0.25) is 5.91 Å². The minimum atomic E-state index is -0.523. The van der Waals surface area contributed by atoms with Gasteiger partial charge in [-0.2, -0.15) is 0 Å². The summed E-state index contributed by atoms with van der Waals surface area (Å²) in [5.41, 5.74) is 5.05. The standard InChI is InChI=1S/C14H19BrN2OS/c1-17-14(13(16)18)8-2-3-12(9-14)19-11-6-4-10(15)5-7-11/h4-7,12,17H,2-3,8-9H2,1H3,(H2,16,18). The number of rotatable bonds is 4. The molecule has 1 aromatic carbocycles. The van der Waals surface area contributed by atoms with Gasteiger partial charge in [-0.25, -0.2) is 0 Å². The summed E-state index contributed by atoms with van der Waals surface area (Å²) in [7, 11) is 1.83. The first-order valence-corrected chi connectivity index (χ1v) is 8.14. The van der Waals surface area contributed by atoms with Crippen molar-refractivity contribution in [1.82, 2.24) is 5.32 Å². The number of thioether (sulfide) groups is 1. The van der Waals surface area contributed by atoms with Gasteiger partial charge in [0.05, 0.1) is 5.54 Å². The van der Waals surface area contributed by atoms with Crippen LogP contribution in [0, 0.1) is 0 Å². The molecule has 0 spiro atoms. The normalized spacial score (nSPS) is 27.2. The first-order valence-electron chi connectivity index (χ1n) is 6.47. The number of halogens is 1. The largest absolute Gasteiger partial charge is 0.368 e. The van der Waals surface area contributed by atoms with Crippen LogP contribution in [0.1, 0.15) is 25.7 Å². The smallest absolute Gasteiger partial charge is 0.237 e. The van der Waals surface area contributed by atoms with Gasteiger partial charge in [0, 0.05) is 14.6 Å². The maximum Gasteiger partial charge on any atom is 0.237 e. The van der Waals surface area contributed by atoms with Crippen LogP contribution in [0.4, 0.5) is 0 Å². The second-order valence-electron chi connectivity index (χ2n) is 4.99. The summed E-state index contributed by atoms with van der Waals surface area (Å²) < 4.78 is 1.09. The molecule has 1 fully saturated rings. The van der Waals surface area contributed by atoms with Crippen LogP contribution in [-0.2, 0) is 4.79 Å². The number of nitrogens with two attached hydrogens (primary N) is 1. The second-order valence-corrected chi connectivity index (χ2v) is 7.28. The minimum absolute atomic E-state index is 0.226. The van der Waals surface area contributed by atoms with Crippen LogP contribution in [0.3, 0.4) is 0 Å². The fourth-order valence-corrected chi connectivity index (χ4v) is 4.20. The fraction of sp³-hybridized carbons (Fsp3) is 0.500. The van der Waals surface area contributed by atoms with Gasteiger partial charge in [0.1, 0.15) is 0 Å². The number of likely N-dealkylation sites (N-methyl/N-ethyl adjacent to an activating group) is 1. The van der Waals surface area contributed by atoms with E-state index in [-0.39, 0.29) is 5.91 Å². The summed E-state index contributed by atoms with van der Waals surface area (Å²) in [5.74, 6) is -0.226. The zero-order valence-corrected chi connectivity index (χ0v) is 13.4. The minimum Gasteiger partial charge on any atom is -0.368 e. The molecule has 104 valence electrons. The Morgan fingerprint density at radius 3 is 2.74 bits per heavy atom. The van der Waals surface area contributed by atoms with Gasteiger partial charge in [-0.05, 0) is 57.0 Å². The number of amides is 1. The number of hydrogen-bond acceptors (Lipinski definition) is 3. The SMILES string of the molecule is CNC1(C(N)=O)CCCC(Sc2ccc(Br)cc2)C1. The molecule has 0 aliphatic heterocycles. The number of primary amides is 1. The van der Waals surface area contributed by atoms with E-state index in [4.69, 9.17) is 5.73 Å². The van der Waals surface area contributed by atoms with Crippen LogP contribution < -0.4 is 11.1 Å². The summed E-state index contributed by atoms with van der Waals surface area (Å²) in [5, 5.41) is 3.59. The molecule has 3 nitrogen and oxygen atoms in total. The van der Waals surface area contributed by atoms with E-state index in [0.717, 1.165) is 30.2 Å². The average molecular weight is 343 g/mol. The first kappa shape index (κ1) is 14.9. The fourth-order valence-electron chi connectivity index (χ4n) is 2.60. The molecule has 1 amide bonds. The molecule has 0 saturated heterocycles. The van der Waals surface area contributed by atoms with Crippen molar-refractivity contribution >= 4 is 33.6 Å². The lowest BCUT2D eigenvalue weighted by molar-refractivity contribution is -0.125. The Labute approximate surface area is 126 Å². The zero-order valence-electron chi connectivity index (χ0n) is 11.0. The molecular formula is C14H19BrN2OS. The van der Waals surface area contributed by atoms with Crippen LogP contribution in [-0.4, -0.2) is 23.7 Å². The maximum atomic E-state index is 11.7. The molecule has 1 saturated carbocycles. The molecule has 1 aromatic rings. The van der Waals surface area contributed by atoms with E-state index in [1.54, 1.807) is 0 Å². The third-order valence-corrected chi connectivity index (χ3v) is 5.58. The highest BCUT2D eigenvalue weighted by molar-refractivity contribution is 9.10. The lowest BCUT2D eigenvalue weighted by atomic mass is 9.81. The highest BCUT2D eigenvalue weighted by Crippen LogP contribution is 2.38. The van der Waals surface area contributed by atoms with Crippen molar-refractivity contribution in [3.05, 3.63) is 28.7 Å². The number of carbonyl (C=O) groups excluding carboxylic acids is 1. The quantitative estimate of drug-likeness (QED) is 0.884. The van der Waals surface area contributed by atoms with Gasteiger partial charge in [0.25, 0.3) is 0 Å². The first-order chi connectivity index (χ1) is 9.05. The van der Waals surface area contributed by atoms with Gasteiger partial charge >= 0.3 is 0 Å². The van der Waals surface area contributed by atoms with Crippen LogP contribution in [0.15, 0.2) is 33.6 Å². The van der Waals surface area contributed by atoms with Gasteiger partial charge in [0.15, 0.2) is 0 Å². The Morgan fingerprint density at radius 2 is 2.16 bits per heavy atom. The van der Waals surface area contributed by atoms with Crippen LogP contribution in [0.25, 0.3) is 0 Å². The molecule has 0 heterocycles. The van der Waals surface area contributed by atoms with Crippen molar-refractivity contribution in [3.63, 3.8) is 0 Å². The van der Waals surface area contributed by atoms with Gasteiger partial charge < -0.3 is 11.1 Å². The van der Waals surface area contributed by atoms with Crippen molar-refractivity contribution in [3.8, 4) is 0 Å². The Kier molecular flexibility index (Phi) is 4.92. The van der Waals surface area contributed by atoms with Crippen molar-refractivity contribution < 1.29 is 4.79 Å². The summed E-state index contributed by atoms with van der Waals surface area (Å²) in [6.07, 6.45) is 3.82. The van der Waals surface area contributed by atoms with Crippen molar-refractivity contribution in [2.24, 2.45) is 5.73 Å². The van der Waals surface area contributed by atoms with Crippen LogP contribution >= 0.6 is 27.7 Å². The second kappa shape index (κ2) is 6.29. The van der Waals surface area contributed by atoms with Crippen molar-refractivity contribution in [1.29, 1.82) is 0 Å². The predicted octanol–water partition coefficient (Wildman–Crippen LogP) is 2.93. The van der Waals surface area contributed by atoms with Gasteiger partial charge in [-0.3, -0.25) is 4.79 Å². The van der Waals surface area contributed by atoms with Crippen LogP contribution in [0.5, 0.6) is 0 Å². The summed E-state index contributed by atoms with van der Waals surface area (Å²) >= 11 is 5.28. The van der Waals surface area contributed by atoms with E-state index in [9.17, 15) is 4.79 Å². The van der Waals surface area contributed by atoms with E-state index >= 15 is 0 Å². The molecule has 3 N–H and O–H groups in total. The molecule has 2 unspecified atom stereocenters. The topological polar surface area (TPSA) is 55.1 Å². The highest BCUT2D eigenvalue weighted by Gasteiger charge is 2.40. The van der Waals surface area contributed by atoms with E-state index < -0.39 is 5.54 Å². The summed E-state index contributed by atoms with van der Waals surface area (Å²) in [6, 6.07) is 8.30. The molecular weight excluding hydrogens is 324 g/mol. The maximum absolute atomic E-state index is 11.7. The van der Waals surface area contributed by atoms with Crippen molar-refractivity contribution in [2.75, 3.05) is 7.05 Å². The Balaban J connectivity index is 2.05. The van der Waals surface area contributed by atoms with Gasteiger partial charge in [-0.15, -0.1) is 11.8 Å². The lowest BCUT2D eigenvalue weighted by Gasteiger charge is -2.38. The molecule has 0 radical (unpaired) electrons. The molecule has 0 bridgehead atoms. The van der Waals surface area contributed by atoms with Crippen molar-refractivity contribution in [2.45, 2.75) is 41.4 Å². The number of carbonyl (C=O) groups is 1. The Hall–Kier alpha value is -0.520. The number of hydrogen-bond donors (Lipinski definition) is 2. The third-order valence-electron chi connectivity index (χ3n) is 3.77. The predicted molar refractivity (Wildman–Crippen MR) is 83.2 cm³/mol. The lowest BCUT2D eigenvalue weighted by Crippen LogP contribution is -2.57. The molecule has 0 aromatic heterocycles. The molecule has 1 aliphatic rings. The van der Waals surface area contributed by atoms with E-state index in [1.165, 1.54) is 4.90 Å². The number of benzene rings is 1. The molecule has 19 heavy (non-hydrogen) atoms. The monoisotopic (exact) mass is 342 g/mol. The molecule has 2 atom stereocenters. The van der Waals surface area contributed by atoms with E-state index in [0.29, 0.717) is 5.25 Å². The average Bonchev–Trinajstić information content (AvgIpc) is 2.41. The highest BCUT2D eigenvalue weighted by atomic mass is 79.9. The summed E-state index contributed by atoms with van der Waals surface area (Å²) in [6.45, 7) is 0. The van der Waals surface area contributed by atoms with E-state index in [1.807, 2.05) is 30.9 Å². The van der Waals surface area contributed by atoms with E-state index in [2.05, 4.69) is 33.4 Å². The number of nitrogens with one attached hydrogen (secondary N) is 1. The Bertz CT molecular complexity index is 451. The molecule has 2 rings (SSSR count). The third kappa shape index (κ3) is 3.52. The zero-order chi connectivity index (χ0) is 13.9.